The highest BCUT2D eigenvalue weighted by Crippen LogP contribution is 2.56. The molecule has 10 rings (SSSR count). The Morgan fingerprint density at radius 2 is 1.66 bits per heavy atom. The van der Waals surface area contributed by atoms with E-state index in [1.807, 2.05) is 49.0 Å². The molecule has 4 aliphatic heterocycles. The fraction of sp³-hybridized carbons (Fsp3) is 0.453. The van der Waals surface area contributed by atoms with E-state index < -0.39 is 35.1 Å². The van der Waals surface area contributed by atoms with E-state index in [0.29, 0.717) is 36.4 Å². The Morgan fingerprint density at radius 3 is 2.34 bits per heavy atom. The molecule has 5 amide bonds. The Labute approximate surface area is 410 Å². The number of carbonyl (C=O) groups excluding carboxylic acids is 4. The maximum atomic E-state index is 16.2. The average molecular weight is 978 g/mol. The van der Waals surface area contributed by atoms with Crippen LogP contribution in [-0.4, -0.2) is 102 Å². The number of aryl methyl sites for hydroxylation is 1. The van der Waals surface area contributed by atoms with Crippen LogP contribution in [-0.2, 0) is 22.2 Å². The molecule has 0 spiro atoms. The van der Waals surface area contributed by atoms with Gasteiger partial charge in [-0.15, -0.1) is 0 Å². The number of amides is 5. The van der Waals surface area contributed by atoms with Gasteiger partial charge in [-0.25, -0.2) is 13.6 Å². The predicted octanol–water partition coefficient (Wildman–Crippen LogP) is 8.14. The van der Waals surface area contributed by atoms with Crippen LogP contribution >= 0.6 is 11.6 Å². The van der Waals surface area contributed by atoms with Crippen LogP contribution in [0.5, 0.6) is 11.5 Å². The number of fused-ring (bicyclic) bond motifs is 2. The lowest BCUT2D eigenvalue weighted by molar-refractivity contribution is -0.138. The summed E-state index contributed by atoms with van der Waals surface area (Å²) in [5, 5.41) is 11.4. The fourth-order valence-corrected chi connectivity index (χ4v) is 12.3. The van der Waals surface area contributed by atoms with Crippen LogP contribution in [0.2, 0.25) is 5.02 Å². The number of hydrogen-bond acceptors (Lipinski definition) is 9. The van der Waals surface area contributed by atoms with Crippen LogP contribution in [0.3, 0.4) is 0 Å². The summed E-state index contributed by atoms with van der Waals surface area (Å²) in [6, 6.07) is 20.0. The van der Waals surface area contributed by atoms with Crippen LogP contribution in [0.1, 0.15) is 104 Å². The SMILES string of the molecule is COc1ccc(C(N)=O)c(-c2c(Cl)c(F)cc3c2C(C)[C@@](CNC2CCC(C(=O)N4CCC(N5CCC(c6ccc7c(N8CCC(=O)NC8=O)nn(C)c7c6)CC5)CC4)CC2)(c2ccccc2)O3)c1F. The molecule has 0 radical (unpaired) electrons. The minimum absolute atomic E-state index is 0.000533. The molecule has 1 unspecified atom stereocenters. The summed E-state index contributed by atoms with van der Waals surface area (Å²) in [7, 11) is 3.19. The molecule has 368 valence electrons. The quantitative estimate of drug-likeness (QED) is 0.119. The standard InChI is InChI=1S/C53H59ClF2N8O6/c1-30-44-42(28-39(55)47(54)46(44)45-38(49(57)66)15-16-41(69-3)48(45)56)70-53(30,34-7-5-4-6-8-34)29-58-35-12-9-32(10-13-35)51(67)63-24-19-36(20-25-63)62-22-17-31(18-23-62)33-11-14-37-40(27-33)61(2)60-50(37)64-26-21-43(65)59-52(64)68/h4-8,11,14-16,27-28,30-32,35-36,58H,9-10,12-13,17-26,29H2,1-3H3,(H2,57,66)(H,59,65,68)/t30?,32?,35?,53-/m0/s1. The number of ether oxygens (including phenoxy) is 2. The first-order chi connectivity index (χ1) is 33.8. The van der Waals surface area contributed by atoms with Crippen LogP contribution in [0.25, 0.3) is 22.0 Å². The van der Waals surface area contributed by atoms with Gasteiger partial charge in [0.1, 0.15) is 11.6 Å². The van der Waals surface area contributed by atoms with E-state index in [-0.39, 0.29) is 63.4 Å². The second kappa shape index (κ2) is 19.2. The van der Waals surface area contributed by atoms with Crippen molar-refractivity contribution in [2.75, 3.05) is 51.3 Å². The molecular weight excluding hydrogens is 918 g/mol. The second-order valence-corrected chi connectivity index (χ2v) is 20.1. The molecule has 5 aliphatic rings. The summed E-state index contributed by atoms with van der Waals surface area (Å²) in [5.41, 5.74) is 7.79. The van der Waals surface area contributed by atoms with Gasteiger partial charge < -0.3 is 30.3 Å². The maximum Gasteiger partial charge on any atom is 0.329 e. The van der Waals surface area contributed by atoms with Crippen LogP contribution in [0, 0.1) is 17.6 Å². The third-order valence-electron chi connectivity index (χ3n) is 15.9. The lowest BCUT2D eigenvalue weighted by Crippen LogP contribution is -2.51. The van der Waals surface area contributed by atoms with E-state index >= 15 is 8.78 Å². The van der Waals surface area contributed by atoms with E-state index in [1.54, 1.807) is 4.90 Å². The number of methoxy groups -OCH3 is 1. The van der Waals surface area contributed by atoms with Gasteiger partial charge in [0.2, 0.25) is 17.7 Å². The van der Waals surface area contributed by atoms with Crippen molar-refractivity contribution in [3.63, 3.8) is 0 Å². The number of primary amides is 1. The van der Waals surface area contributed by atoms with Gasteiger partial charge in [0, 0.05) is 91.7 Å². The highest BCUT2D eigenvalue weighted by Gasteiger charge is 2.50. The number of nitrogens with zero attached hydrogens (tertiary/aromatic N) is 5. The van der Waals surface area contributed by atoms with E-state index in [2.05, 4.69) is 43.7 Å². The van der Waals surface area contributed by atoms with E-state index in [4.69, 9.17) is 26.8 Å². The normalized spacial score (nSPS) is 23.6. The molecule has 1 saturated carbocycles. The van der Waals surface area contributed by atoms with Gasteiger partial charge in [0.25, 0.3) is 0 Å². The van der Waals surface area contributed by atoms with Crippen LogP contribution < -0.4 is 30.7 Å². The summed E-state index contributed by atoms with van der Waals surface area (Å²) in [6.07, 6.45) is 7.36. The summed E-state index contributed by atoms with van der Waals surface area (Å²) in [6.45, 7) is 6.09. The first-order valence-corrected chi connectivity index (χ1v) is 24.9. The molecule has 4 N–H and O–H groups in total. The molecule has 17 heteroatoms. The van der Waals surface area contributed by atoms with Gasteiger partial charge >= 0.3 is 6.03 Å². The van der Waals surface area contributed by atoms with Gasteiger partial charge in [0.05, 0.1) is 23.2 Å². The molecule has 2 atom stereocenters. The second-order valence-electron chi connectivity index (χ2n) is 19.7. The highest BCUT2D eigenvalue weighted by molar-refractivity contribution is 6.34. The summed E-state index contributed by atoms with van der Waals surface area (Å²) in [5.74, 6) is -2.16. The lowest BCUT2D eigenvalue weighted by Gasteiger charge is -2.43. The van der Waals surface area contributed by atoms with Crippen molar-refractivity contribution < 1.29 is 37.4 Å². The number of anilines is 1. The largest absolute Gasteiger partial charge is 0.494 e. The van der Waals surface area contributed by atoms with Crippen molar-refractivity contribution in [2.45, 2.75) is 94.2 Å². The summed E-state index contributed by atoms with van der Waals surface area (Å²) in [4.78, 5) is 57.2. The number of nitrogens with one attached hydrogen (secondary N) is 2. The number of likely N-dealkylation sites (tertiary alicyclic amines) is 2. The third kappa shape index (κ3) is 8.55. The molecule has 4 aromatic carbocycles. The van der Waals surface area contributed by atoms with Crippen molar-refractivity contribution in [3.8, 4) is 22.6 Å². The Balaban J connectivity index is 0.744. The minimum Gasteiger partial charge on any atom is -0.494 e. The van der Waals surface area contributed by atoms with Crippen molar-refractivity contribution in [1.82, 2.24) is 30.2 Å². The van der Waals surface area contributed by atoms with E-state index in [9.17, 15) is 19.2 Å². The number of hydrogen-bond donors (Lipinski definition) is 3. The number of benzene rings is 4. The number of piperidine rings is 2. The van der Waals surface area contributed by atoms with Gasteiger partial charge in [0.15, 0.2) is 23.0 Å². The zero-order chi connectivity index (χ0) is 49.0. The van der Waals surface area contributed by atoms with Gasteiger partial charge in [-0.2, -0.15) is 5.10 Å². The topological polar surface area (TPSA) is 164 Å². The van der Waals surface area contributed by atoms with Gasteiger partial charge in [-0.1, -0.05) is 54.9 Å². The number of aromatic nitrogens is 2. The Hall–Kier alpha value is -6.10. The van der Waals surface area contributed by atoms with Crippen molar-refractivity contribution >= 4 is 52.1 Å². The highest BCUT2D eigenvalue weighted by atomic mass is 35.5. The van der Waals surface area contributed by atoms with Crippen molar-refractivity contribution in [2.24, 2.45) is 18.7 Å². The van der Waals surface area contributed by atoms with Crippen molar-refractivity contribution in [3.05, 3.63) is 106 Å². The number of halogens is 3. The summed E-state index contributed by atoms with van der Waals surface area (Å²) >= 11 is 6.71. The van der Waals surface area contributed by atoms with E-state index in [0.717, 1.165) is 94.0 Å². The Morgan fingerprint density at radius 1 is 0.929 bits per heavy atom. The monoisotopic (exact) mass is 976 g/mol. The number of rotatable bonds is 11. The molecule has 4 fully saturated rings. The molecule has 70 heavy (non-hydrogen) atoms. The lowest BCUT2D eigenvalue weighted by atomic mass is 9.77. The van der Waals surface area contributed by atoms with Crippen molar-refractivity contribution in [1.29, 1.82) is 0 Å². The van der Waals surface area contributed by atoms with Crippen LogP contribution in [0.4, 0.5) is 19.4 Å². The number of imide groups is 1. The predicted molar refractivity (Wildman–Crippen MR) is 262 cm³/mol. The smallest absolute Gasteiger partial charge is 0.329 e. The molecule has 5 heterocycles. The minimum atomic E-state index is -1.07. The third-order valence-corrected chi connectivity index (χ3v) is 16.3. The first-order valence-electron chi connectivity index (χ1n) is 24.5. The fourth-order valence-electron chi connectivity index (χ4n) is 12.0. The molecule has 0 bridgehead atoms. The maximum absolute atomic E-state index is 16.2. The zero-order valence-electron chi connectivity index (χ0n) is 39.7. The summed E-state index contributed by atoms with van der Waals surface area (Å²) < 4.78 is 45.9. The Kier molecular flexibility index (Phi) is 13.1. The number of urea groups is 1. The molecule has 1 aliphatic carbocycles. The average Bonchev–Trinajstić information content (AvgIpc) is 3.85. The number of nitrogens with two attached hydrogens (primary N) is 1. The zero-order valence-corrected chi connectivity index (χ0v) is 40.5. The first kappa shape index (κ1) is 47.6. The van der Waals surface area contributed by atoms with Gasteiger partial charge in [-0.3, -0.25) is 29.3 Å². The van der Waals surface area contributed by atoms with Gasteiger partial charge in [-0.05, 0) is 106 Å². The molecule has 14 nitrogen and oxygen atoms in total. The molecule has 3 saturated heterocycles. The van der Waals surface area contributed by atoms with E-state index in [1.165, 1.54) is 30.9 Å². The Bertz CT molecular complexity index is 2860. The molecular formula is C53H59ClF2N8O6. The number of carbonyl (C=O) groups is 4. The molecule has 1 aromatic heterocycles. The van der Waals surface area contributed by atoms with Crippen LogP contribution in [0.15, 0.2) is 66.7 Å². The molecule has 5 aromatic rings.